The summed E-state index contributed by atoms with van der Waals surface area (Å²) in [5, 5.41) is 14.3. The Bertz CT molecular complexity index is 1250. The van der Waals surface area contributed by atoms with E-state index in [-0.39, 0.29) is 17.9 Å². The van der Waals surface area contributed by atoms with Crippen molar-refractivity contribution in [2.24, 2.45) is 29.1 Å². The van der Waals surface area contributed by atoms with Gasteiger partial charge in [0, 0.05) is 37.6 Å². The van der Waals surface area contributed by atoms with Gasteiger partial charge in [0.15, 0.2) is 5.78 Å². The zero-order chi connectivity index (χ0) is 29.4. The highest BCUT2D eigenvalue weighted by atomic mass is 16.6. The Hall–Kier alpha value is -3.52. The van der Waals surface area contributed by atoms with E-state index in [9.17, 15) is 24.3 Å². The molecule has 40 heavy (non-hydrogen) atoms. The summed E-state index contributed by atoms with van der Waals surface area (Å²) >= 11 is 0. The van der Waals surface area contributed by atoms with Crippen molar-refractivity contribution >= 4 is 23.6 Å². The summed E-state index contributed by atoms with van der Waals surface area (Å²) in [6.45, 7) is 11.9. The van der Waals surface area contributed by atoms with Crippen LogP contribution in [0.1, 0.15) is 46.6 Å². The lowest BCUT2D eigenvalue weighted by Crippen LogP contribution is -2.61. The fourth-order valence-electron chi connectivity index (χ4n) is 6.98. The van der Waals surface area contributed by atoms with Gasteiger partial charge in [-0.25, -0.2) is 0 Å². The first-order valence-electron chi connectivity index (χ1n) is 13.8. The number of allylic oxidation sites excluding steroid dienone is 1. The minimum Gasteiger partial charge on any atom is -0.457 e. The second-order valence-electron chi connectivity index (χ2n) is 11.6. The number of carbonyl (C=O) groups is 4. The smallest absolute Gasteiger partial charge is 0.303 e. The van der Waals surface area contributed by atoms with Crippen LogP contribution < -0.4 is 5.32 Å². The molecule has 0 radical (unpaired) electrons. The van der Waals surface area contributed by atoms with E-state index >= 15 is 0 Å². The van der Waals surface area contributed by atoms with E-state index < -0.39 is 58.7 Å². The molecule has 1 saturated heterocycles. The van der Waals surface area contributed by atoms with Gasteiger partial charge in [0.1, 0.15) is 23.2 Å². The zero-order valence-electron chi connectivity index (χ0n) is 23.8. The van der Waals surface area contributed by atoms with E-state index in [2.05, 4.69) is 11.9 Å². The molecule has 1 heterocycles. The molecule has 1 spiro atoms. The summed E-state index contributed by atoms with van der Waals surface area (Å²) in [4.78, 5) is 52.3. The van der Waals surface area contributed by atoms with Crippen LogP contribution in [0.5, 0.6) is 0 Å². The number of esters is 2. The van der Waals surface area contributed by atoms with Gasteiger partial charge in [-0.1, -0.05) is 62.9 Å². The molecule has 214 valence electrons. The molecule has 0 unspecified atom stereocenters. The molecule has 1 aliphatic heterocycles. The summed E-state index contributed by atoms with van der Waals surface area (Å²) in [6, 6.07) is 9.42. The van der Waals surface area contributed by atoms with E-state index in [1.807, 2.05) is 37.3 Å². The Labute approximate surface area is 235 Å². The molecule has 0 aromatic heterocycles. The lowest BCUT2D eigenvalue weighted by Gasteiger charge is -2.53. The number of amides is 1. The van der Waals surface area contributed by atoms with Crippen LogP contribution in [0.4, 0.5) is 0 Å². The number of carbonyl (C=O) groups excluding carboxylic acids is 4. The fourth-order valence-corrected chi connectivity index (χ4v) is 6.98. The van der Waals surface area contributed by atoms with Gasteiger partial charge >= 0.3 is 11.9 Å². The molecule has 2 N–H and O–H groups in total. The van der Waals surface area contributed by atoms with Crippen molar-refractivity contribution in [3.05, 3.63) is 72.4 Å². The van der Waals surface area contributed by atoms with E-state index in [1.54, 1.807) is 19.1 Å². The number of benzene rings is 1. The SMILES string of the molecule is C=C1[C@@H](C)[C@H]2[C@H](Cc3ccccc3)NC(=O)[C@]23[C@@H](OC(C)=O)/C=C/[C@@](C)(O)C(=O)[C@@H](C)C/C=C/[C@H]3[C@@H]1OC(C)=O. The molecule has 8 heteroatoms. The Morgan fingerprint density at radius 2 is 1.73 bits per heavy atom. The largest absolute Gasteiger partial charge is 0.457 e. The van der Waals surface area contributed by atoms with Gasteiger partial charge in [-0.05, 0) is 49.0 Å². The third kappa shape index (κ3) is 5.17. The molecule has 1 aromatic carbocycles. The van der Waals surface area contributed by atoms with Gasteiger partial charge in [-0.3, -0.25) is 19.2 Å². The standard InChI is InChI=1S/C32H39NO7/c1-18-11-10-14-24-28(40-22(5)35)20(3)19(2)27-25(17-23-12-8-7-9-13-23)33-30(37)32(24,27)26(39-21(4)34)15-16-31(6,38)29(18)36/h7-10,12-16,18-19,24-28,38H,3,11,17H2,1-2,4-6H3,(H,33,37)/b14-10+,16-15+/t18-,19+,24-,25-,26-,27-,28+,31+,32+/m0/s1. The Balaban J connectivity index is 1.99. The number of rotatable bonds is 4. The summed E-state index contributed by atoms with van der Waals surface area (Å²) < 4.78 is 11.7. The highest BCUT2D eigenvalue weighted by molar-refractivity contribution is 5.91. The third-order valence-corrected chi connectivity index (χ3v) is 8.79. The summed E-state index contributed by atoms with van der Waals surface area (Å²) in [5.41, 5.74) is -1.59. The molecule has 4 rings (SSSR count). The highest BCUT2D eigenvalue weighted by Gasteiger charge is 2.69. The summed E-state index contributed by atoms with van der Waals surface area (Å²) in [5.74, 6) is -3.94. The fraction of sp³-hybridized carbons (Fsp3) is 0.500. The van der Waals surface area contributed by atoms with Crippen LogP contribution in [-0.2, 0) is 35.1 Å². The van der Waals surface area contributed by atoms with Crippen molar-refractivity contribution in [3.8, 4) is 0 Å². The third-order valence-electron chi connectivity index (χ3n) is 8.79. The summed E-state index contributed by atoms with van der Waals surface area (Å²) in [6.07, 6.45) is 5.14. The van der Waals surface area contributed by atoms with Crippen molar-refractivity contribution < 1.29 is 33.8 Å². The molecule has 8 nitrogen and oxygen atoms in total. The minimum atomic E-state index is -1.85. The topological polar surface area (TPSA) is 119 Å². The van der Waals surface area contributed by atoms with Crippen molar-refractivity contribution in [3.63, 3.8) is 0 Å². The van der Waals surface area contributed by atoms with E-state index in [4.69, 9.17) is 9.47 Å². The van der Waals surface area contributed by atoms with Crippen LogP contribution in [-0.4, -0.2) is 52.6 Å². The Kier molecular flexibility index (Phi) is 8.22. The quantitative estimate of drug-likeness (QED) is 0.436. The number of hydrogen-bond donors (Lipinski definition) is 2. The van der Waals surface area contributed by atoms with Gasteiger partial charge < -0.3 is 19.9 Å². The van der Waals surface area contributed by atoms with Gasteiger partial charge in [0.05, 0.1) is 0 Å². The van der Waals surface area contributed by atoms with Gasteiger partial charge in [-0.15, -0.1) is 0 Å². The second kappa shape index (κ2) is 11.2. The molecule has 1 saturated carbocycles. The maximum atomic E-state index is 14.4. The van der Waals surface area contributed by atoms with Crippen molar-refractivity contribution in [1.29, 1.82) is 0 Å². The van der Waals surface area contributed by atoms with E-state index in [0.29, 0.717) is 18.4 Å². The van der Waals surface area contributed by atoms with Crippen LogP contribution in [0.15, 0.2) is 66.8 Å². The first-order chi connectivity index (χ1) is 18.8. The molecular formula is C32H39NO7. The van der Waals surface area contributed by atoms with Crippen molar-refractivity contribution in [1.82, 2.24) is 5.32 Å². The average Bonchev–Trinajstić information content (AvgIpc) is 3.17. The molecule has 3 aliphatic rings. The maximum Gasteiger partial charge on any atom is 0.303 e. The van der Waals surface area contributed by atoms with E-state index in [1.165, 1.54) is 32.9 Å². The summed E-state index contributed by atoms with van der Waals surface area (Å²) in [7, 11) is 0. The van der Waals surface area contributed by atoms with Gasteiger partial charge in [0.2, 0.25) is 5.91 Å². The number of hydrogen-bond acceptors (Lipinski definition) is 7. The number of ether oxygens (including phenoxy) is 2. The average molecular weight is 550 g/mol. The van der Waals surface area contributed by atoms with Crippen LogP contribution in [0.25, 0.3) is 0 Å². The predicted molar refractivity (Wildman–Crippen MR) is 149 cm³/mol. The van der Waals surface area contributed by atoms with Crippen LogP contribution in [0.3, 0.4) is 0 Å². The van der Waals surface area contributed by atoms with Crippen LogP contribution in [0.2, 0.25) is 0 Å². The van der Waals surface area contributed by atoms with E-state index in [0.717, 1.165) is 5.56 Å². The molecule has 2 fully saturated rings. The first kappa shape index (κ1) is 29.5. The zero-order valence-corrected chi connectivity index (χ0v) is 23.8. The first-order valence-corrected chi connectivity index (χ1v) is 13.8. The second-order valence-corrected chi connectivity index (χ2v) is 11.6. The highest BCUT2D eigenvalue weighted by Crippen LogP contribution is 2.59. The molecular weight excluding hydrogens is 510 g/mol. The van der Waals surface area contributed by atoms with Gasteiger partial charge in [-0.2, -0.15) is 0 Å². The monoisotopic (exact) mass is 549 g/mol. The minimum absolute atomic E-state index is 0.294. The number of aliphatic hydroxyl groups is 1. The molecule has 2 aliphatic carbocycles. The number of nitrogens with one attached hydrogen (secondary N) is 1. The Morgan fingerprint density at radius 3 is 2.35 bits per heavy atom. The lowest BCUT2D eigenvalue weighted by molar-refractivity contribution is -0.173. The van der Waals surface area contributed by atoms with Gasteiger partial charge in [0.25, 0.3) is 0 Å². The molecule has 1 aromatic rings. The van der Waals surface area contributed by atoms with Crippen molar-refractivity contribution in [2.45, 2.75) is 71.3 Å². The van der Waals surface area contributed by atoms with Crippen LogP contribution in [0, 0.1) is 29.1 Å². The van der Waals surface area contributed by atoms with Crippen LogP contribution >= 0.6 is 0 Å². The molecule has 9 atom stereocenters. The van der Waals surface area contributed by atoms with Crippen molar-refractivity contribution in [2.75, 3.05) is 0 Å². The lowest BCUT2D eigenvalue weighted by atomic mass is 9.51. The maximum absolute atomic E-state index is 14.4. The normalized spacial score (nSPS) is 39.1. The number of Topliss-reactive ketones (excluding diaryl/α,β-unsaturated/α-hetero) is 1. The Morgan fingerprint density at radius 1 is 1.07 bits per heavy atom. The number of ketones is 1. The molecule has 0 bridgehead atoms. The predicted octanol–water partition coefficient (Wildman–Crippen LogP) is 3.49. The molecule has 1 amide bonds.